The quantitative estimate of drug-likeness (QED) is 0.779. The van der Waals surface area contributed by atoms with E-state index in [0.29, 0.717) is 35.1 Å². The monoisotopic (exact) mass is 390 g/mol. The molecule has 6 nitrogen and oxygen atoms in total. The molecular formula is C20H23ClN2O4. The lowest BCUT2D eigenvalue weighted by atomic mass is 9.81. The summed E-state index contributed by atoms with van der Waals surface area (Å²) in [6.07, 6.45) is 0. The van der Waals surface area contributed by atoms with Crippen molar-refractivity contribution < 1.29 is 19.1 Å². The summed E-state index contributed by atoms with van der Waals surface area (Å²) < 4.78 is 10.6. The normalized spacial score (nSPS) is 19.0. The van der Waals surface area contributed by atoms with E-state index in [1.165, 1.54) is 0 Å². The molecule has 1 saturated heterocycles. The number of nitrogens with zero attached hydrogens (tertiary/aromatic N) is 1. The van der Waals surface area contributed by atoms with Gasteiger partial charge in [0.2, 0.25) is 0 Å². The van der Waals surface area contributed by atoms with Gasteiger partial charge >= 0.3 is 11.9 Å². The number of esters is 2. The van der Waals surface area contributed by atoms with E-state index >= 15 is 0 Å². The minimum atomic E-state index is -0.612. The smallest absolute Gasteiger partial charge is 0.338 e. The first-order valence-corrected chi connectivity index (χ1v) is 9.43. The third kappa shape index (κ3) is 3.54. The Hall–Kier alpha value is -2.47. The maximum atomic E-state index is 12.9. The maximum Gasteiger partial charge on any atom is 0.338 e. The predicted octanol–water partition coefficient (Wildman–Crippen LogP) is 2.95. The lowest BCUT2D eigenvalue weighted by Gasteiger charge is -2.34. The lowest BCUT2D eigenvalue weighted by Crippen LogP contribution is -2.35. The second-order valence-electron chi connectivity index (χ2n) is 6.27. The Morgan fingerprint density at radius 2 is 1.85 bits per heavy atom. The number of carbonyl (C=O) groups is 2. The summed E-state index contributed by atoms with van der Waals surface area (Å²) in [4.78, 5) is 27.7. The molecule has 2 heterocycles. The van der Waals surface area contributed by atoms with Gasteiger partial charge in [-0.1, -0.05) is 23.7 Å². The summed E-state index contributed by atoms with van der Waals surface area (Å²) in [5, 5.41) is 3.80. The van der Waals surface area contributed by atoms with Crippen molar-refractivity contribution in [3.05, 3.63) is 57.5 Å². The first-order chi connectivity index (χ1) is 13.0. The van der Waals surface area contributed by atoms with Crippen LogP contribution in [0.5, 0.6) is 0 Å². The Balaban J connectivity index is 2.23. The van der Waals surface area contributed by atoms with Crippen LogP contribution < -0.4 is 5.32 Å². The van der Waals surface area contributed by atoms with Gasteiger partial charge in [0, 0.05) is 23.8 Å². The zero-order chi connectivity index (χ0) is 19.6. The molecule has 1 fully saturated rings. The van der Waals surface area contributed by atoms with Gasteiger partial charge in [0.05, 0.1) is 30.3 Å². The molecule has 0 aromatic heterocycles. The molecule has 2 aliphatic rings. The standard InChI is InChI=1S/C20H23ClN2O4/c1-4-26-19(24)15-12(3)23-10-9-22-18(23)17(20(25)27-5-2)16(15)13-7-6-8-14(21)11-13/h6-8,11,16,22H,4-5,9-10H2,1-3H3. The van der Waals surface area contributed by atoms with Crippen molar-refractivity contribution >= 4 is 23.5 Å². The first kappa shape index (κ1) is 19.3. The molecule has 27 heavy (non-hydrogen) atoms. The van der Waals surface area contributed by atoms with Crippen LogP contribution in [0.4, 0.5) is 0 Å². The fourth-order valence-electron chi connectivity index (χ4n) is 3.62. The molecule has 1 unspecified atom stereocenters. The van der Waals surface area contributed by atoms with Crippen LogP contribution in [0.1, 0.15) is 32.3 Å². The van der Waals surface area contributed by atoms with Gasteiger partial charge in [-0.05, 0) is 38.5 Å². The second-order valence-corrected chi connectivity index (χ2v) is 6.71. The van der Waals surface area contributed by atoms with Gasteiger partial charge in [0.15, 0.2) is 0 Å². The number of nitrogens with one attached hydrogen (secondary N) is 1. The van der Waals surface area contributed by atoms with Crippen molar-refractivity contribution in [2.75, 3.05) is 26.3 Å². The van der Waals surface area contributed by atoms with E-state index in [9.17, 15) is 9.59 Å². The molecule has 0 bridgehead atoms. The zero-order valence-corrected chi connectivity index (χ0v) is 16.4. The molecule has 0 aliphatic carbocycles. The average Bonchev–Trinajstić information content (AvgIpc) is 3.11. The van der Waals surface area contributed by atoms with Gasteiger partial charge in [0.1, 0.15) is 5.82 Å². The summed E-state index contributed by atoms with van der Waals surface area (Å²) in [5.41, 5.74) is 2.36. The SMILES string of the molecule is CCOC(=O)C1=C(C)N2CCNC2=C(C(=O)OCC)C1c1cccc(Cl)c1. The number of fused-ring (bicyclic) bond motifs is 1. The number of halogens is 1. The highest BCUT2D eigenvalue weighted by Crippen LogP contribution is 2.43. The number of allylic oxidation sites excluding steroid dienone is 1. The van der Waals surface area contributed by atoms with E-state index in [4.69, 9.17) is 21.1 Å². The summed E-state index contributed by atoms with van der Waals surface area (Å²) >= 11 is 6.20. The number of benzene rings is 1. The molecule has 1 N–H and O–H groups in total. The van der Waals surface area contributed by atoms with Gasteiger partial charge in [-0.15, -0.1) is 0 Å². The van der Waals surface area contributed by atoms with E-state index in [1.807, 2.05) is 17.9 Å². The van der Waals surface area contributed by atoms with Gasteiger partial charge in [0.25, 0.3) is 0 Å². The van der Waals surface area contributed by atoms with E-state index < -0.39 is 17.9 Å². The van der Waals surface area contributed by atoms with Crippen LogP contribution in [0.2, 0.25) is 5.02 Å². The molecule has 1 atom stereocenters. The number of hydrogen-bond acceptors (Lipinski definition) is 6. The Bertz CT molecular complexity index is 831. The average molecular weight is 391 g/mol. The van der Waals surface area contributed by atoms with Crippen molar-refractivity contribution in [2.24, 2.45) is 0 Å². The first-order valence-electron chi connectivity index (χ1n) is 9.05. The van der Waals surface area contributed by atoms with Crippen LogP contribution in [-0.2, 0) is 19.1 Å². The largest absolute Gasteiger partial charge is 0.463 e. The third-order valence-corrected chi connectivity index (χ3v) is 4.93. The second kappa shape index (κ2) is 8.05. The molecule has 144 valence electrons. The zero-order valence-electron chi connectivity index (χ0n) is 15.7. The van der Waals surface area contributed by atoms with Crippen molar-refractivity contribution in [3.63, 3.8) is 0 Å². The van der Waals surface area contributed by atoms with Gasteiger partial charge in [-0.2, -0.15) is 0 Å². The molecule has 0 saturated carbocycles. The molecule has 0 amide bonds. The van der Waals surface area contributed by atoms with Crippen LogP contribution in [0.3, 0.4) is 0 Å². The van der Waals surface area contributed by atoms with E-state index in [2.05, 4.69) is 5.32 Å². The number of ether oxygens (including phenoxy) is 2. The predicted molar refractivity (Wildman–Crippen MR) is 102 cm³/mol. The van der Waals surface area contributed by atoms with E-state index in [0.717, 1.165) is 11.3 Å². The van der Waals surface area contributed by atoms with Crippen LogP contribution in [0.15, 0.2) is 46.9 Å². The molecule has 0 radical (unpaired) electrons. The summed E-state index contributed by atoms with van der Waals surface area (Å²) in [7, 11) is 0. The lowest BCUT2D eigenvalue weighted by molar-refractivity contribution is -0.139. The molecule has 3 rings (SSSR count). The molecule has 1 aromatic carbocycles. The van der Waals surface area contributed by atoms with Crippen molar-refractivity contribution in [1.29, 1.82) is 0 Å². The third-order valence-electron chi connectivity index (χ3n) is 4.70. The summed E-state index contributed by atoms with van der Waals surface area (Å²) in [5.74, 6) is -0.818. The fourth-order valence-corrected chi connectivity index (χ4v) is 3.82. The van der Waals surface area contributed by atoms with Gasteiger partial charge in [-0.3, -0.25) is 0 Å². The highest BCUT2D eigenvalue weighted by Gasteiger charge is 2.43. The molecule has 7 heteroatoms. The van der Waals surface area contributed by atoms with Crippen LogP contribution in [0, 0.1) is 0 Å². The minimum Gasteiger partial charge on any atom is -0.463 e. The molecule has 1 aromatic rings. The Labute approximate surface area is 163 Å². The highest BCUT2D eigenvalue weighted by molar-refractivity contribution is 6.30. The Morgan fingerprint density at radius 1 is 1.19 bits per heavy atom. The van der Waals surface area contributed by atoms with Crippen LogP contribution in [-0.4, -0.2) is 43.1 Å². The highest BCUT2D eigenvalue weighted by atomic mass is 35.5. The van der Waals surface area contributed by atoms with Crippen LogP contribution >= 0.6 is 11.6 Å². The molecular weight excluding hydrogens is 368 g/mol. The number of hydrogen-bond donors (Lipinski definition) is 1. The summed E-state index contributed by atoms with van der Waals surface area (Å²) in [6, 6.07) is 7.18. The minimum absolute atomic E-state index is 0.245. The topological polar surface area (TPSA) is 67.9 Å². The van der Waals surface area contributed by atoms with Crippen molar-refractivity contribution in [2.45, 2.75) is 26.7 Å². The molecule has 0 spiro atoms. The van der Waals surface area contributed by atoms with Crippen LogP contribution in [0.25, 0.3) is 0 Å². The van der Waals surface area contributed by atoms with Crippen molar-refractivity contribution in [1.82, 2.24) is 10.2 Å². The van der Waals surface area contributed by atoms with Gasteiger partial charge in [-0.25, -0.2) is 9.59 Å². The number of carbonyl (C=O) groups excluding carboxylic acids is 2. The van der Waals surface area contributed by atoms with Crippen molar-refractivity contribution in [3.8, 4) is 0 Å². The molecule has 2 aliphatic heterocycles. The Morgan fingerprint density at radius 3 is 2.48 bits per heavy atom. The Kier molecular flexibility index (Phi) is 5.75. The maximum absolute atomic E-state index is 12.9. The van der Waals surface area contributed by atoms with Gasteiger partial charge < -0.3 is 19.7 Å². The van der Waals surface area contributed by atoms with E-state index in [-0.39, 0.29) is 13.2 Å². The fraction of sp³-hybridized carbons (Fsp3) is 0.400. The number of rotatable bonds is 5. The summed E-state index contributed by atoms with van der Waals surface area (Å²) in [6.45, 7) is 7.22. The van der Waals surface area contributed by atoms with E-state index in [1.54, 1.807) is 32.0 Å².